The molecule has 2 heterocycles. The van der Waals surface area contributed by atoms with Crippen LogP contribution in [0.2, 0.25) is 0 Å². The van der Waals surface area contributed by atoms with Crippen LogP contribution in [-0.2, 0) is 11.2 Å². The zero-order chi connectivity index (χ0) is 14.8. The molecule has 0 aliphatic carbocycles. The lowest BCUT2D eigenvalue weighted by Gasteiger charge is -2.40. The highest BCUT2D eigenvalue weighted by atomic mass is 19.1. The third-order valence-electron chi connectivity index (χ3n) is 3.15. The maximum Gasteiger partial charge on any atom is 0.262 e. The van der Waals surface area contributed by atoms with E-state index in [0.717, 1.165) is 19.5 Å². The molecule has 1 aliphatic heterocycles. The molecular formula is C15H23FN2O2. The molecule has 0 radical (unpaired) electrons. The quantitative estimate of drug-likeness (QED) is 0.614. The minimum atomic E-state index is -0.444. The van der Waals surface area contributed by atoms with Crippen LogP contribution in [0, 0.1) is 5.95 Å². The fraction of sp³-hybridized carbons (Fsp3) is 0.667. The monoisotopic (exact) mass is 282 g/mol. The molecule has 112 valence electrons. The van der Waals surface area contributed by atoms with Crippen LogP contribution in [0.1, 0.15) is 39.7 Å². The van der Waals surface area contributed by atoms with Gasteiger partial charge < -0.3 is 9.47 Å². The van der Waals surface area contributed by atoms with Crippen molar-refractivity contribution in [1.29, 1.82) is 0 Å². The van der Waals surface area contributed by atoms with E-state index in [1.807, 2.05) is 27.7 Å². The van der Waals surface area contributed by atoms with E-state index in [1.54, 1.807) is 6.07 Å². The van der Waals surface area contributed by atoms with Crippen LogP contribution in [0.15, 0.2) is 12.3 Å². The topological polar surface area (TPSA) is 34.6 Å². The zero-order valence-corrected chi connectivity index (χ0v) is 12.6. The average molecular weight is 282 g/mol. The van der Waals surface area contributed by atoms with Crippen molar-refractivity contribution in [2.45, 2.75) is 52.6 Å². The summed E-state index contributed by atoms with van der Waals surface area (Å²) in [5.74, 6) is 0.112. The highest BCUT2D eigenvalue weighted by molar-refractivity contribution is 5.24. The largest absolute Gasteiger partial charge is 0.449 e. The van der Waals surface area contributed by atoms with Crippen LogP contribution in [0.5, 0.6) is 5.75 Å². The van der Waals surface area contributed by atoms with E-state index < -0.39 is 12.4 Å². The van der Waals surface area contributed by atoms with Crippen molar-refractivity contribution >= 4 is 0 Å². The maximum absolute atomic E-state index is 13.4. The Morgan fingerprint density at radius 3 is 2.60 bits per heavy atom. The van der Waals surface area contributed by atoms with Crippen molar-refractivity contribution < 1.29 is 13.9 Å². The summed E-state index contributed by atoms with van der Waals surface area (Å²) in [7, 11) is 0. The van der Waals surface area contributed by atoms with E-state index in [0.29, 0.717) is 17.7 Å². The number of hydrogen-bond acceptors (Lipinski definition) is 4. The SMILES string of the molecule is CCc1cc(OC(OC(C)(C)C)N2CCC2)cnc1F. The Morgan fingerprint density at radius 2 is 2.10 bits per heavy atom. The number of hydrogen-bond donors (Lipinski definition) is 0. The van der Waals surface area contributed by atoms with Crippen LogP contribution >= 0.6 is 0 Å². The number of rotatable bonds is 5. The van der Waals surface area contributed by atoms with Gasteiger partial charge in [0.2, 0.25) is 5.95 Å². The molecule has 1 fully saturated rings. The molecule has 5 heteroatoms. The van der Waals surface area contributed by atoms with Crippen LogP contribution in [0.4, 0.5) is 4.39 Å². The van der Waals surface area contributed by atoms with Crippen LogP contribution in [0.25, 0.3) is 0 Å². The molecule has 1 aromatic heterocycles. The number of aryl methyl sites for hydroxylation is 1. The Kier molecular flexibility index (Phi) is 4.60. The molecule has 4 nitrogen and oxygen atoms in total. The van der Waals surface area contributed by atoms with Crippen molar-refractivity contribution in [2.24, 2.45) is 0 Å². The Morgan fingerprint density at radius 1 is 1.40 bits per heavy atom. The molecule has 0 aromatic carbocycles. The van der Waals surface area contributed by atoms with Gasteiger partial charge in [0, 0.05) is 18.7 Å². The second-order valence-electron chi connectivity index (χ2n) is 6.02. The molecule has 20 heavy (non-hydrogen) atoms. The summed E-state index contributed by atoms with van der Waals surface area (Å²) in [4.78, 5) is 5.85. The van der Waals surface area contributed by atoms with Crippen LogP contribution < -0.4 is 4.74 Å². The summed E-state index contributed by atoms with van der Waals surface area (Å²) in [5.41, 5.74) is 0.252. The maximum atomic E-state index is 13.4. The van der Waals surface area contributed by atoms with E-state index >= 15 is 0 Å². The van der Waals surface area contributed by atoms with E-state index in [-0.39, 0.29) is 5.60 Å². The highest BCUT2D eigenvalue weighted by Gasteiger charge is 2.30. The first kappa shape index (κ1) is 15.2. The molecule has 2 rings (SSSR count). The number of pyridine rings is 1. The summed E-state index contributed by atoms with van der Waals surface area (Å²) >= 11 is 0. The van der Waals surface area contributed by atoms with Gasteiger partial charge in [-0.3, -0.25) is 0 Å². The zero-order valence-electron chi connectivity index (χ0n) is 12.6. The molecule has 0 amide bonds. The Balaban J connectivity index is 2.10. The van der Waals surface area contributed by atoms with Gasteiger partial charge in [-0.1, -0.05) is 6.92 Å². The second-order valence-corrected chi connectivity index (χ2v) is 6.02. The molecule has 1 unspecified atom stereocenters. The van der Waals surface area contributed by atoms with Crippen LogP contribution in [0.3, 0.4) is 0 Å². The number of ether oxygens (including phenoxy) is 2. The van der Waals surface area contributed by atoms with Gasteiger partial charge in [-0.25, -0.2) is 9.88 Å². The molecule has 1 aliphatic rings. The molecule has 0 bridgehead atoms. The van der Waals surface area contributed by atoms with Gasteiger partial charge in [0.1, 0.15) is 5.75 Å². The average Bonchev–Trinajstić information content (AvgIpc) is 2.27. The first-order chi connectivity index (χ1) is 9.39. The van der Waals surface area contributed by atoms with E-state index in [1.165, 1.54) is 6.20 Å². The smallest absolute Gasteiger partial charge is 0.262 e. The third kappa shape index (κ3) is 3.90. The second kappa shape index (κ2) is 6.06. The molecular weight excluding hydrogens is 259 g/mol. The number of aromatic nitrogens is 1. The minimum Gasteiger partial charge on any atom is -0.449 e. The molecule has 1 aromatic rings. The molecule has 0 saturated carbocycles. The number of nitrogens with zero attached hydrogens (tertiary/aromatic N) is 2. The first-order valence-electron chi connectivity index (χ1n) is 7.12. The molecule has 0 N–H and O–H groups in total. The number of halogens is 1. The predicted molar refractivity (Wildman–Crippen MR) is 75.0 cm³/mol. The van der Waals surface area contributed by atoms with Crippen LogP contribution in [-0.4, -0.2) is 35.0 Å². The van der Waals surface area contributed by atoms with Crippen molar-refractivity contribution in [3.63, 3.8) is 0 Å². The summed E-state index contributed by atoms with van der Waals surface area (Å²) in [5, 5.41) is 0. The van der Waals surface area contributed by atoms with Crippen molar-refractivity contribution in [3.05, 3.63) is 23.8 Å². The van der Waals surface area contributed by atoms with Gasteiger partial charge in [0.15, 0.2) is 0 Å². The normalized spacial score (nSPS) is 17.6. The van der Waals surface area contributed by atoms with Gasteiger partial charge >= 0.3 is 0 Å². The lowest BCUT2D eigenvalue weighted by Crippen LogP contribution is -2.51. The molecule has 1 atom stereocenters. The summed E-state index contributed by atoms with van der Waals surface area (Å²) < 4.78 is 25.2. The van der Waals surface area contributed by atoms with Gasteiger partial charge in [-0.15, -0.1) is 0 Å². The van der Waals surface area contributed by atoms with Crippen molar-refractivity contribution in [3.8, 4) is 5.75 Å². The third-order valence-corrected chi connectivity index (χ3v) is 3.15. The summed E-state index contributed by atoms with van der Waals surface area (Å²) in [6.45, 7) is 9.77. The lowest BCUT2D eigenvalue weighted by molar-refractivity contribution is -0.238. The van der Waals surface area contributed by atoms with Crippen molar-refractivity contribution in [2.75, 3.05) is 13.1 Å². The van der Waals surface area contributed by atoms with Gasteiger partial charge in [-0.05, 0) is 39.7 Å². The highest BCUT2D eigenvalue weighted by Crippen LogP contribution is 2.23. The van der Waals surface area contributed by atoms with Gasteiger partial charge in [0.25, 0.3) is 6.41 Å². The Hall–Kier alpha value is -1.20. The van der Waals surface area contributed by atoms with Gasteiger partial charge in [0.05, 0.1) is 11.8 Å². The Labute approximate surface area is 119 Å². The molecule has 1 saturated heterocycles. The van der Waals surface area contributed by atoms with Gasteiger partial charge in [-0.2, -0.15) is 4.39 Å². The predicted octanol–water partition coefficient (Wildman–Crippen LogP) is 2.97. The van der Waals surface area contributed by atoms with E-state index in [4.69, 9.17) is 9.47 Å². The van der Waals surface area contributed by atoms with E-state index in [9.17, 15) is 4.39 Å². The Bertz CT molecular complexity index is 456. The minimum absolute atomic E-state index is 0.304. The molecule has 0 spiro atoms. The standard InChI is InChI=1S/C15H23FN2O2/c1-5-11-9-12(10-17-13(11)16)19-14(18-7-6-8-18)20-15(2,3)4/h9-10,14H,5-8H2,1-4H3. The lowest BCUT2D eigenvalue weighted by atomic mass is 10.2. The van der Waals surface area contributed by atoms with E-state index in [2.05, 4.69) is 9.88 Å². The van der Waals surface area contributed by atoms with Crippen molar-refractivity contribution in [1.82, 2.24) is 9.88 Å². The fourth-order valence-corrected chi connectivity index (χ4v) is 1.93. The summed E-state index contributed by atoms with van der Waals surface area (Å²) in [6.07, 6.45) is 2.70. The fourth-order valence-electron chi connectivity index (χ4n) is 1.93. The first-order valence-corrected chi connectivity index (χ1v) is 7.12. The number of likely N-dealkylation sites (tertiary alicyclic amines) is 1. The summed E-state index contributed by atoms with van der Waals surface area (Å²) in [6, 6.07) is 1.70.